The van der Waals surface area contributed by atoms with Gasteiger partial charge in [0.05, 0.1) is 0 Å². The molecule has 0 radical (unpaired) electrons. The molecule has 0 aromatic heterocycles. The van der Waals surface area contributed by atoms with Crippen LogP contribution in [0.2, 0.25) is 18.1 Å². The smallest absolute Gasteiger partial charge is 0.453 e. The standard InChI is InChI=1S/C12H24N2O4Si/c1-7-19(8-2,9-3)18-11(16)14-13-10(15)17-12(4,5)6/h7-9H2,1-6H3/b14-13+. The average Bonchev–Trinajstić information content (AvgIpc) is 2.31. The van der Waals surface area contributed by atoms with E-state index in [1.807, 2.05) is 20.8 Å². The lowest BCUT2D eigenvalue weighted by Crippen LogP contribution is -2.37. The SMILES string of the molecule is CC[Si](CC)(CC)OC(=O)/N=N/C(=O)OC(C)(C)C. The molecule has 0 aliphatic carbocycles. The van der Waals surface area contributed by atoms with Gasteiger partial charge >= 0.3 is 12.2 Å². The van der Waals surface area contributed by atoms with Gasteiger partial charge in [-0.05, 0) is 38.9 Å². The fourth-order valence-electron chi connectivity index (χ4n) is 1.54. The summed E-state index contributed by atoms with van der Waals surface area (Å²) < 4.78 is 10.3. The van der Waals surface area contributed by atoms with Gasteiger partial charge in [-0.2, -0.15) is 0 Å². The van der Waals surface area contributed by atoms with E-state index in [0.717, 1.165) is 18.1 Å². The van der Waals surface area contributed by atoms with E-state index in [1.54, 1.807) is 20.8 Å². The van der Waals surface area contributed by atoms with Gasteiger partial charge in [-0.25, -0.2) is 9.59 Å². The lowest BCUT2D eigenvalue weighted by atomic mass is 10.2. The maximum atomic E-state index is 11.5. The molecule has 0 aliphatic rings. The van der Waals surface area contributed by atoms with Gasteiger partial charge in [-0.3, -0.25) is 0 Å². The molecule has 0 bridgehead atoms. The number of amides is 2. The summed E-state index contributed by atoms with van der Waals surface area (Å²) >= 11 is 0. The molecule has 0 atom stereocenters. The van der Waals surface area contributed by atoms with E-state index in [2.05, 4.69) is 10.2 Å². The third kappa shape index (κ3) is 7.05. The van der Waals surface area contributed by atoms with E-state index in [-0.39, 0.29) is 0 Å². The topological polar surface area (TPSA) is 77.3 Å². The van der Waals surface area contributed by atoms with Gasteiger partial charge in [-0.15, -0.1) is 0 Å². The molecule has 0 saturated heterocycles. The molecule has 0 rings (SSSR count). The largest absolute Gasteiger partial charge is 0.501 e. The molecule has 110 valence electrons. The Hall–Kier alpha value is -1.24. The lowest BCUT2D eigenvalue weighted by Gasteiger charge is -2.25. The molecule has 19 heavy (non-hydrogen) atoms. The fraction of sp³-hybridized carbons (Fsp3) is 0.833. The third-order valence-electron chi connectivity index (χ3n) is 2.84. The van der Waals surface area contributed by atoms with E-state index in [4.69, 9.17) is 9.16 Å². The summed E-state index contributed by atoms with van der Waals surface area (Å²) in [5.74, 6) is 0. The zero-order valence-electron chi connectivity index (χ0n) is 12.6. The molecular weight excluding hydrogens is 264 g/mol. The van der Waals surface area contributed by atoms with Crippen LogP contribution < -0.4 is 0 Å². The highest BCUT2D eigenvalue weighted by molar-refractivity contribution is 6.74. The van der Waals surface area contributed by atoms with E-state index in [0.29, 0.717) is 0 Å². The van der Waals surface area contributed by atoms with Gasteiger partial charge in [0.15, 0.2) is 0 Å². The Morgan fingerprint density at radius 2 is 1.37 bits per heavy atom. The third-order valence-corrected chi connectivity index (χ3v) is 7.32. The highest BCUT2D eigenvalue weighted by atomic mass is 28.4. The minimum Gasteiger partial charge on any atom is -0.501 e. The van der Waals surface area contributed by atoms with E-state index >= 15 is 0 Å². The minimum atomic E-state index is -2.05. The van der Waals surface area contributed by atoms with Crippen molar-refractivity contribution in [3.8, 4) is 0 Å². The van der Waals surface area contributed by atoms with Crippen molar-refractivity contribution in [1.82, 2.24) is 0 Å². The molecular formula is C12H24N2O4Si. The van der Waals surface area contributed by atoms with Gasteiger partial charge in [0.25, 0.3) is 8.32 Å². The van der Waals surface area contributed by atoms with Crippen LogP contribution in [0.15, 0.2) is 10.2 Å². The Kier molecular flexibility index (Phi) is 6.89. The van der Waals surface area contributed by atoms with Crippen molar-refractivity contribution in [3.63, 3.8) is 0 Å². The number of ether oxygens (including phenoxy) is 1. The highest BCUT2D eigenvalue weighted by Crippen LogP contribution is 2.22. The number of carbonyl (C=O) groups excluding carboxylic acids is 2. The zero-order valence-corrected chi connectivity index (χ0v) is 13.6. The van der Waals surface area contributed by atoms with Crippen molar-refractivity contribution in [2.45, 2.75) is 65.3 Å². The van der Waals surface area contributed by atoms with Gasteiger partial charge in [0, 0.05) is 0 Å². The molecule has 0 aromatic carbocycles. The normalized spacial score (nSPS) is 12.5. The van der Waals surface area contributed by atoms with Gasteiger partial charge in [0.1, 0.15) is 5.60 Å². The molecule has 0 heterocycles. The van der Waals surface area contributed by atoms with Crippen LogP contribution in [-0.2, 0) is 9.16 Å². The molecule has 0 spiro atoms. The van der Waals surface area contributed by atoms with Crippen LogP contribution in [0.1, 0.15) is 41.5 Å². The first-order valence-electron chi connectivity index (χ1n) is 6.55. The van der Waals surface area contributed by atoms with Crippen LogP contribution in [0, 0.1) is 0 Å². The summed E-state index contributed by atoms with van der Waals surface area (Å²) in [6, 6.07) is 2.48. The van der Waals surface area contributed by atoms with Gasteiger partial charge in [0.2, 0.25) is 0 Å². The lowest BCUT2D eigenvalue weighted by molar-refractivity contribution is 0.0588. The van der Waals surface area contributed by atoms with Crippen molar-refractivity contribution in [2.75, 3.05) is 0 Å². The Balaban J connectivity index is 4.50. The maximum absolute atomic E-state index is 11.5. The molecule has 0 aromatic rings. The zero-order chi connectivity index (χ0) is 15.1. The minimum absolute atomic E-state index is 0.658. The summed E-state index contributed by atoms with van der Waals surface area (Å²) in [4.78, 5) is 22.8. The van der Waals surface area contributed by atoms with Gasteiger partial charge < -0.3 is 9.16 Å². The number of hydrogen-bond donors (Lipinski definition) is 0. The second kappa shape index (κ2) is 7.37. The van der Waals surface area contributed by atoms with Crippen LogP contribution in [0.3, 0.4) is 0 Å². The summed E-state index contributed by atoms with van der Waals surface area (Å²) in [6.07, 6.45) is -1.69. The first kappa shape index (κ1) is 17.8. The number of hydrogen-bond acceptors (Lipinski definition) is 4. The molecule has 6 nitrogen and oxygen atoms in total. The molecule has 0 unspecified atom stereocenters. The van der Waals surface area contributed by atoms with Crippen LogP contribution >= 0.6 is 0 Å². The number of nitrogens with zero attached hydrogens (tertiary/aromatic N) is 2. The van der Waals surface area contributed by atoms with Gasteiger partial charge in [-0.1, -0.05) is 31.0 Å². The molecule has 0 N–H and O–H groups in total. The first-order valence-corrected chi connectivity index (χ1v) is 9.08. The molecule has 7 heteroatoms. The molecule has 0 aliphatic heterocycles. The Bertz CT molecular complexity index is 338. The predicted molar refractivity (Wildman–Crippen MR) is 74.8 cm³/mol. The Morgan fingerprint density at radius 3 is 1.74 bits per heavy atom. The van der Waals surface area contributed by atoms with E-state index < -0.39 is 26.1 Å². The van der Waals surface area contributed by atoms with Crippen molar-refractivity contribution in [3.05, 3.63) is 0 Å². The number of azo groups is 1. The summed E-state index contributed by atoms with van der Waals surface area (Å²) in [5, 5.41) is 6.47. The fourth-order valence-corrected chi connectivity index (χ4v) is 3.88. The average molecular weight is 288 g/mol. The second-order valence-electron chi connectivity index (χ2n) is 5.29. The monoisotopic (exact) mass is 288 g/mol. The van der Waals surface area contributed by atoms with Crippen molar-refractivity contribution in [2.24, 2.45) is 10.2 Å². The quantitative estimate of drug-likeness (QED) is 0.563. The summed E-state index contributed by atoms with van der Waals surface area (Å²) in [6.45, 7) is 11.1. The summed E-state index contributed by atoms with van der Waals surface area (Å²) in [7, 11) is -2.05. The number of rotatable bonds is 4. The Morgan fingerprint density at radius 1 is 0.947 bits per heavy atom. The first-order chi connectivity index (χ1) is 8.68. The maximum Gasteiger partial charge on any atom is 0.453 e. The van der Waals surface area contributed by atoms with Crippen LogP contribution in [0.4, 0.5) is 9.59 Å². The highest BCUT2D eigenvalue weighted by Gasteiger charge is 2.33. The predicted octanol–water partition coefficient (Wildman–Crippen LogP) is 4.52. The number of carbonyl (C=O) groups is 2. The molecule has 0 fully saturated rings. The van der Waals surface area contributed by atoms with Crippen molar-refractivity contribution >= 4 is 20.5 Å². The molecule has 2 amide bonds. The van der Waals surface area contributed by atoms with Crippen LogP contribution in [0.5, 0.6) is 0 Å². The molecule has 0 saturated carbocycles. The second-order valence-corrected chi connectivity index (χ2v) is 9.98. The van der Waals surface area contributed by atoms with E-state index in [9.17, 15) is 9.59 Å². The van der Waals surface area contributed by atoms with Crippen molar-refractivity contribution < 1.29 is 18.8 Å². The van der Waals surface area contributed by atoms with Crippen LogP contribution in [0.25, 0.3) is 0 Å². The van der Waals surface area contributed by atoms with E-state index in [1.165, 1.54) is 0 Å². The van der Waals surface area contributed by atoms with Crippen LogP contribution in [-0.4, -0.2) is 26.1 Å². The Labute approximate surface area is 115 Å². The van der Waals surface area contributed by atoms with Crippen molar-refractivity contribution in [1.29, 1.82) is 0 Å². The summed E-state index contributed by atoms with van der Waals surface area (Å²) in [5.41, 5.74) is -0.658.